The lowest BCUT2D eigenvalue weighted by Gasteiger charge is -2.07. The van der Waals surface area contributed by atoms with Crippen LogP contribution in [0.3, 0.4) is 0 Å². The molecule has 2 aromatic rings. The third kappa shape index (κ3) is 4.50. The van der Waals surface area contributed by atoms with Crippen LogP contribution in [0.25, 0.3) is 0 Å². The van der Waals surface area contributed by atoms with Crippen molar-refractivity contribution in [1.82, 2.24) is 0 Å². The molecule has 0 fully saturated rings. The number of benzene rings is 2. The van der Waals surface area contributed by atoms with Crippen molar-refractivity contribution >= 4 is 28.9 Å². The van der Waals surface area contributed by atoms with E-state index >= 15 is 0 Å². The molecule has 2 aromatic carbocycles. The lowest BCUT2D eigenvalue weighted by atomic mass is 10.1. The number of halogens is 1. The van der Waals surface area contributed by atoms with Gasteiger partial charge in [-0.3, -0.25) is 4.79 Å². The highest BCUT2D eigenvalue weighted by molar-refractivity contribution is 6.31. The number of nitrogens with one attached hydrogen (secondary N) is 1. The van der Waals surface area contributed by atoms with Gasteiger partial charge in [0.1, 0.15) is 0 Å². The molecule has 0 saturated heterocycles. The Balaban J connectivity index is 2.05. The maximum absolute atomic E-state index is 12.2. The Labute approximate surface area is 130 Å². The van der Waals surface area contributed by atoms with Crippen molar-refractivity contribution in [2.24, 2.45) is 0 Å². The zero-order chi connectivity index (χ0) is 15.2. The van der Waals surface area contributed by atoms with E-state index in [9.17, 15) is 4.79 Å². The summed E-state index contributed by atoms with van der Waals surface area (Å²) in [4.78, 5) is 12.2. The van der Waals surface area contributed by atoms with Crippen LogP contribution in [0.1, 0.15) is 35.7 Å². The molecule has 0 aliphatic carbocycles. The molecule has 0 spiro atoms. The van der Waals surface area contributed by atoms with Crippen molar-refractivity contribution < 1.29 is 4.79 Å². The Hall–Kier alpha value is -2.00. The molecule has 3 N–H and O–H groups in total. The van der Waals surface area contributed by atoms with E-state index in [4.69, 9.17) is 17.3 Å². The monoisotopic (exact) mass is 302 g/mol. The Kier molecular flexibility index (Phi) is 5.23. The largest absolute Gasteiger partial charge is 0.399 e. The van der Waals surface area contributed by atoms with Gasteiger partial charge in [-0.2, -0.15) is 0 Å². The van der Waals surface area contributed by atoms with Crippen molar-refractivity contribution in [3.63, 3.8) is 0 Å². The van der Waals surface area contributed by atoms with Crippen LogP contribution in [-0.4, -0.2) is 5.91 Å². The maximum Gasteiger partial charge on any atom is 0.255 e. The topological polar surface area (TPSA) is 55.1 Å². The van der Waals surface area contributed by atoms with Gasteiger partial charge in [-0.05, 0) is 48.7 Å². The molecule has 0 aliphatic rings. The summed E-state index contributed by atoms with van der Waals surface area (Å²) >= 11 is 5.91. The average molecular weight is 303 g/mol. The normalized spacial score (nSPS) is 10.4. The fraction of sp³-hybridized carbons (Fsp3) is 0.235. The number of carbonyl (C=O) groups is 1. The number of carbonyl (C=O) groups excluding carboxylic acids is 1. The minimum atomic E-state index is -0.217. The van der Waals surface area contributed by atoms with Crippen LogP contribution in [0.15, 0.2) is 42.5 Å². The molecule has 110 valence electrons. The number of anilines is 2. The van der Waals surface area contributed by atoms with Crippen molar-refractivity contribution in [2.75, 3.05) is 11.1 Å². The highest BCUT2D eigenvalue weighted by Crippen LogP contribution is 2.18. The molecule has 4 heteroatoms. The third-order valence-electron chi connectivity index (χ3n) is 3.21. The first kappa shape index (κ1) is 15.4. The zero-order valence-corrected chi connectivity index (χ0v) is 12.8. The van der Waals surface area contributed by atoms with Gasteiger partial charge >= 0.3 is 0 Å². The summed E-state index contributed by atoms with van der Waals surface area (Å²) in [5.74, 6) is -0.217. The highest BCUT2D eigenvalue weighted by Gasteiger charge is 2.08. The SMILES string of the molecule is CCCCc1ccc(NC(=O)c2cc(N)cc(Cl)c2)cc1. The zero-order valence-electron chi connectivity index (χ0n) is 12.0. The van der Waals surface area contributed by atoms with E-state index in [1.54, 1.807) is 18.2 Å². The second-order valence-electron chi connectivity index (χ2n) is 5.03. The second kappa shape index (κ2) is 7.14. The molecule has 21 heavy (non-hydrogen) atoms. The van der Waals surface area contributed by atoms with E-state index in [1.807, 2.05) is 24.3 Å². The van der Waals surface area contributed by atoms with Gasteiger partial charge in [0.25, 0.3) is 5.91 Å². The molecule has 0 unspecified atom stereocenters. The van der Waals surface area contributed by atoms with Crippen LogP contribution in [0.4, 0.5) is 11.4 Å². The number of nitrogens with two attached hydrogens (primary N) is 1. The standard InChI is InChI=1S/C17H19ClN2O/c1-2-3-4-12-5-7-16(8-6-12)20-17(21)13-9-14(18)11-15(19)10-13/h5-11H,2-4,19H2,1H3,(H,20,21). The summed E-state index contributed by atoms with van der Waals surface area (Å²) in [7, 11) is 0. The summed E-state index contributed by atoms with van der Waals surface area (Å²) < 4.78 is 0. The van der Waals surface area contributed by atoms with Crippen molar-refractivity contribution in [3.8, 4) is 0 Å². The van der Waals surface area contributed by atoms with E-state index in [0.717, 1.165) is 12.1 Å². The van der Waals surface area contributed by atoms with Gasteiger partial charge in [0.15, 0.2) is 0 Å². The summed E-state index contributed by atoms with van der Waals surface area (Å²) in [6.45, 7) is 2.17. The molecule has 0 bridgehead atoms. The first-order valence-corrected chi connectivity index (χ1v) is 7.42. The summed E-state index contributed by atoms with van der Waals surface area (Å²) in [6, 6.07) is 12.7. The van der Waals surface area contributed by atoms with Gasteiger partial charge in [-0.15, -0.1) is 0 Å². The van der Waals surface area contributed by atoms with Crippen LogP contribution < -0.4 is 11.1 Å². The van der Waals surface area contributed by atoms with Crippen LogP contribution in [0.2, 0.25) is 5.02 Å². The van der Waals surface area contributed by atoms with Gasteiger partial charge in [0.2, 0.25) is 0 Å². The number of nitrogen functional groups attached to an aromatic ring is 1. The number of amides is 1. The molecule has 3 nitrogen and oxygen atoms in total. The highest BCUT2D eigenvalue weighted by atomic mass is 35.5. The molecule has 0 aliphatic heterocycles. The number of unbranched alkanes of at least 4 members (excludes halogenated alkanes) is 1. The van der Waals surface area contributed by atoms with Gasteiger partial charge < -0.3 is 11.1 Å². The lowest BCUT2D eigenvalue weighted by Crippen LogP contribution is -2.12. The molecule has 1 amide bonds. The molecular weight excluding hydrogens is 284 g/mol. The number of aryl methyl sites for hydroxylation is 1. The van der Waals surface area contributed by atoms with Gasteiger partial charge in [-0.25, -0.2) is 0 Å². The maximum atomic E-state index is 12.2. The predicted molar refractivity (Wildman–Crippen MR) is 88.9 cm³/mol. The van der Waals surface area contributed by atoms with Gasteiger partial charge in [0.05, 0.1) is 0 Å². The Morgan fingerprint density at radius 3 is 2.52 bits per heavy atom. The summed E-state index contributed by atoms with van der Waals surface area (Å²) in [5, 5.41) is 3.30. The smallest absolute Gasteiger partial charge is 0.255 e. The first-order chi connectivity index (χ1) is 10.1. The summed E-state index contributed by atoms with van der Waals surface area (Å²) in [5.41, 5.74) is 8.66. The Morgan fingerprint density at radius 2 is 1.90 bits per heavy atom. The van der Waals surface area contributed by atoms with Crippen molar-refractivity contribution in [3.05, 3.63) is 58.6 Å². The quantitative estimate of drug-likeness (QED) is 0.798. The van der Waals surface area contributed by atoms with E-state index in [2.05, 4.69) is 12.2 Å². The van der Waals surface area contributed by atoms with Crippen LogP contribution in [-0.2, 0) is 6.42 Å². The fourth-order valence-electron chi connectivity index (χ4n) is 2.08. The molecule has 0 saturated carbocycles. The third-order valence-corrected chi connectivity index (χ3v) is 3.43. The van der Waals surface area contributed by atoms with E-state index in [1.165, 1.54) is 18.4 Å². The average Bonchev–Trinajstić information content (AvgIpc) is 2.45. The van der Waals surface area contributed by atoms with Gasteiger partial charge in [0, 0.05) is 22.0 Å². The van der Waals surface area contributed by atoms with Crippen molar-refractivity contribution in [2.45, 2.75) is 26.2 Å². The first-order valence-electron chi connectivity index (χ1n) is 7.05. The van der Waals surface area contributed by atoms with E-state index in [-0.39, 0.29) is 5.91 Å². The van der Waals surface area contributed by atoms with Gasteiger partial charge in [-0.1, -0.05) is 37.1 Å². The van der Waals surface area contributed by atoms with E-state index < -0.39 is 0 Å². The van der Waals surface area contributed by atoms with Crippen LogP contribution >= 0.6 is 11.6 Å². The molecule has 0 aromatic heterocycles. The minimum Gasteiger partial charge on any atom is -0.399 e. The Morgan fingerprint density at radius 1 is 1.19 bits per heavy atom. The summed E-state index contributed by atoms with van der Waals surface area (Å²) in [6.07, 6.45) is 3.41. The molecular formula is C17H19ClN2O. The van der Waals surface area contributed by atoms with E-state index in [0.29, 0.717) is 16.3 Å². The number of rotatable bonds is 5. The molecule has 0 radical (unpaired) electrons. The van der Waals surface area contributed by atoms with Crippen molar-refractivity contribution in [1.29, 1.82) is 0 Å². The molecule has 0 heterocycles. The van der Waals surface area contributed by atoms with Crippen LogP contribution in [0.5, 0.6) is 0 Å². The molecule has 0 atom stereocenters. The Bertz CT molecular complexity index is 603. The fourth-order valence-corrected chi connectivity index (χ4v) is 2.33. The molecule has 2 rings (SSSR count). The van der Waals surface area contributed by atoms with Crippen LogP contribution in [0, 0.1) is 0 Å². The lowest BCUT2D eigenvalue weighted by molar-refractivity contribution is 0.102. The number of hydrogen-bond acceptors (Lipinski definition) is 2. The number of hydrogen-bond donors (Lipinski definition) is 2. The second-order valence-corrected chi connectivity index (χ2v) is 5.46. The minimum absolute atomic E-state index is 0.217. The predicted octanol–water partition coefficient (Wildman–Crippen LogP) is 4.52.